The maximum atomic E-state index is 12.3. The molecular weight excluding hydrogens is 212 g/mol. The Bertz CT molecular complexity index is 396. The van der Waals surface area contributed by atoms with Crippen molar-refractivity contribution in [3.63, 3.8) is 0 Å². The highest BCUT2D eigenvalue weighted by Gasteiger charge is 2.37. The van der Waals surface area contributed by atoms with Crippen molar-refractivity contribution in [1.29, 1.82) is 0 Å². The van der Waals surface area contributed by atoms with Crippen molar-refractivity contribution in [3.05, 3.63) is 30.1 Å². The highest BCUT2D eigenvalue weighted by atomic mass is 16.2. The van der Waals surface area contributed by atoms with Gasteiger partial charge in [0.15, 0.2) is 0 Å². The van der Waals surface area contributed by atoms with Crippen molar-refractivity contribution in [2.75, 3.05) is 0 Å². The summed E-state index contributed by atoms with van der Waals surface area (Å²) in [4.78, 5) is 18.4. The molecule has 17 heavy (non-hydrogen) atoms. The Morgan fingerprint density at radius 1 is 1.24 bits per heavy atom. The van der Waals surface area contributed by atoms with E-state index in [0.29, 0.717) is 17.9 Å². The Labute approximate surface area is 102 Å². The molecule has 0 bridgehead atoms. The molecule has 2 aliphatic rings. The van der Waals surface area contributed by atoms with Crippen LogP contribution in [0.2, 0.25) is 0 Å². The van der Waals surface area contributed by atoms with Crippen molar-refractivity contribution in [1.82, 2.24) is 9.88 Å². The second kappa shape index (κ2) is 4.47. The van der Waals surface area contributed by atoms with Crippen LogP contribution in [0.25, 0.3) is 0 Å². The highest BCUT2D eigenvalue weighted by molar-refractivity contribution is 5.80. The van der Waals surface area contributed by atoms with Crippen LogP contribution < -0.4 is 0 Å². The van der Waals surface area contributed by atoms with Crippen LogP contribution in [0.5, 0.6) is 0 Å². The molecule has 2 saturated carbocycles. The Morgan fingerprint density at radius 3 is 2.47 bits per heavy atom. The van der Waals surface area contributed by atoms with Crippen molar-refractivity contribution in [2.24, 2.45) is 5.92 Å². The molecule has 0 N–H and O–H groups in total. The fourth-order valence-corrected chi connectivity index (χ4v) is 2.35. The summed E-state index contributed by atoms with van der Waals surface area (Å²) >= 11 is 0. The van der Waals surface area contributed by atoms with Crippen LogP contribution in [0.3, 0.4) is 0 Å². The summed E-state index contributed by atoms with van der Waals surface area (Å²) in [6, 6.07) is 4.52. The van der Waals surface area contributed by atoms with Gasteiger partial charge in [-0.15, -0.1) is 0 Å². The normalized spacial score (nSPS) is 19.8. The van der Waals surface area contributed by atoms with Crippen LogP contribution in [0.1, 0.15) is 37.7 Å². The number of hydrogen-bond donors (Lipinski definition) is 0. The molecule has 0 radical (unpaired) electrons. The van der Waals surface area contributed by atoms with E-state index in [1.54, 1.807) is 12.4 Å². The van der Waals surface area contributed by atoms with E-state index in [4.69, 9.17) is 0 Å². The number of rotatable bonds is 4. The van der Waals surface area contributed by atoms with Crippen LogP contribution in [0.15, 0.2) is 24.5 Å². The smallest absolute Gasteiger partial charge is 0.226 e. The minimum absolute atomic E-state index is 0.317. The summed E-state index contributed by atoms with van der Waals surface area (Å²) in [7, 11) is 0. The molecule has 1 aromatic heterocycles. The zero-order valence-electron chi connectivity index (χ0n) is 10.0. The van der Waals surface area contributed by atoms with Gasteiger partial charge in [-0.05, 0) is 43.4 Å². The first-order valence-electron chi connectivity index (χ1n) is 6.54. The quantitative estimate of drug-likeness (QED) is 0.795. The average molecular weight is 230 g/mol. The van der Waals surface area contributed by atoms with Gasteiger partial charge in [0.25, 0.3) is 0 Å². The number of nitrogens with zero attached hydrogens (tertiary/aromatic N) is 2. The number of amides is 1. The lowest BCUT2D eigenvalue weighted by Gasteiger charge is -2.32. The van der Waals surface area contributed by atoms with Crippen molar-refractivity contribution >= 4 is 5.91 Å². The number of pyridine rings is 1. The minimum Gasteiger partial charge on any atom is -0.335 e. The van der Waals surface area contributed by atoms with E-state index >= 15 is 0 Å². The molecule has 0 spiro atoms. The predicted octanol–water partition coefficient (Wildman–Crippen LogP) is 2.37. The largest absolute Gasteiger partial charge is 0.335 e. The number of carbonyl (C=O) groups excluding carboxylic acids is 1. The minimum atomic E-state index is 0.317. The summed E-state index contributed by atoms with van der Waals surface area (Å²) in [6.07, 6.45) is 9.39. The van der Waals surface area contributed by atoms with Gasteiger partial charge in [-0.3, -0.25) is 9.78 Å². The lowest BCUT2D eigenvalue weighted by Crippen LogP contribution is -2.39. The van der Waals surface area contributed by atoms with Gasteiger partial charge < -0.3 is 4.90 Å². The summed E-state index contributed by atoms with van der Waals surface area (Å²) in [6.45, 7) is 0.766. The lowest BCUT2D eigenvalue weighted by atomic mass is 9.84. The third-order valence-electron chi connectivity index (χ3n) is 3.83. The van der Waals surface area contributed by atoms with Crippen LogP contribution >= 0.6 is 0 Å². The fourth-order valence-electron chi connectivity index (χ4n) is 2.35. The first kappa shape index (κ1) is 10.8. The van der Waals surface area contributed by atoms with Crippen molar-refractivity contribution in [2.45, 2.75) is 44.7 Å². The van der Waals surface area contributed by atoms with Crippen LogP contribution in [-0.2, 0) is 11.3 Å². The SMILES string of the molecule is O=C(C1CCC1)N(Cc1ccncc1)C1CC1. The molecule has 90 valence electrons. The molecule has 3 heteroatoms. The van der Waals surface area contributed by atoms with Gasteiger partial charge in [0.1, 0.15) is 0 Å². The first-order valence-corrected chi connectivity index (χ1v) is 6.54. The molecule has 1 amide bonds. The second-order valence-electron chi connectivity index (χ2n) is 5.18. The van der Waals surface area contributed by atoms with Crippen LogP contribution in [0.4, 0.5) is 0 Å². The van der Waals surface area contributed by atoms with E-state index < -0.39 is 0 Å². The Hall–Kier alpha value is -1.38. The summed E-state index contributed by atoms with van der Waals surface area (Å²) in [5.74, 6) is 0.702. The molecule has 1 aromatic rings. The van der Waals surface area contributed by atoms with Gasteiger partial charge in [-0.1, -0.05) is 6.42 Å². The molecule has 0 aromatic carbocycles. The average Bonchev–Trinajstić information content (AvgIpc) is 3.08. The summed E-state index contributed by atoms with van der Waals surface area (Å²) < 4.78 is 0. The van der Waals surface area contributed by atoms with Gasteiger partial charge in [0.2, 0.25) is 5.91 Å². The first-order chi connectivity index (χ1) is 8.34. The molecule has 3 nitrogen and oxygen atoms in total. The van der Waals surface area contributed by atoms with Gasteiger partial charge in [0, 0.05) is 30.9 Å². The maximum absolute atomic E-state index is 12.3. The molecule has 0 aliphatic heterocycles. The Kier molecular flexibility index (Phi) is 2.83. The van der Waals surface area contributed by atoms with Crippen molar-refractivity contribution < 1.29 is 4.79 Å². The van der Waals surface area contributed by atoms with E-state index in [9.17, 15) is 4.79 Å². The third kappa shape index (κ3) is 2.33. The predicted molar refractivity (Wildman–Crippen MR) is 65.2 cm³/mol. The Balaban J connectivity index is 1.69. The molecule has 3 rings (SSSR count). The van der Waals surface area contributed by atoms with Crippen molar-refractivity contribution in [3.8, 4) is 0 Å². The number of hydrogen-bond acceptors (Lipinski definition) is 2. The number of aromatic nitrogens is 1. The lowest BCUT2D eigenvalue weighted by molar-refractivity contribution is -0.139. The van der Waals surface area contributed by atoms with E-state index in [0.717, 1.165) is 19.4 Å². The highest BCUT2D eigenvalue weighted by Crippen LogP contribution is 2.34. The second-order valence-corrected chi connectivity index (χ2v) is 5.18. The van der Waals surface area contributed by atoms with Gasteiger partial charge in [-0.2, -0.15) is 0 Å². The molecule has 0 saturated heterocycles. The monoisotopic (exact) mass is 230 g/mol. The fraction of sp³-hybridized carbons (Fsp3) is 0.571. The molecule has 0 unspecified atom stereocenters. The molecular formula is C14H18N2O. The van der Waals surface area contributed by atoms with Crippen LogP contribution in [0, 0.1) is 5.92 Å². The Morgan fingerprint density at radius 2 is 1.94 bits per heavy atom. The van der Waals surface area contributed by atoms with Gasteiger partial charge in [-0.25, -0.2) is 0 Å². The molecule has 1 heterocycles. The van der Waals surface area contributed by atoms with Gasteiger partial charge >= 0.3 is 0 Å². The van der Waals surface area contributed by atoms with Crippen LogP contribution in [-0.4, -0.2) is 21.8 Å². The van der Waals surface area contributed by atoms with E-state index in [1.807, 2.05) is 12.1 Å². The zero-order valence-corrected chi connectivity index (χ0v) is 10.0. The van der Waals surface area contributed by atoms with E-state index in [2.05, 4.69) is 9.88 Å². The summed E-state index contributed by atoms with van der Waals surface area (Å²) in [5, 5.41) is 0. The topological polar surface area (TPSA) is 33.2 Å². The van der Waals surface area contributed by atoms with E-state index in [1.165, 1.54) is 24.8 Å². The molecule has 2 aliphatic carbocycles. The molecule has 0 atom stereocenters. The van der Waals surface area contributed by atoms with Gasteiger partial charge in [0.05, 0.1) is 0 Å². The third-order valence-corrected chi connectivity index (χ3v) is 3.83. The zero-order chi connectivity index (χ0) is 11.7. The summed E-state index contributed by atoms with van der Waals surface area (Å²) in [5.41, 5.74) is 1.19. The maximum Gasteiger partial charge on any atom is 0.226 e. The standard InChI is InChI=1S/C14H18N2O/c17-14(12-2-1-3-12)16(13-4-5-13)10-11-6-8-15-9-7-11/h6-9,12-13H,1-5,10H2. The van der Waals surface area contributed by atoms with E-state index in [-0.39, 0.29) is 0 Å². The molecule has 2 fully saturated rings. The number of carbonyl (C=O) groups is 1.